The molecule has 0 aliphatic carbocycles. The first-order valence-electron chi connectivity index (χ1n) is 6.83. The van der Waals surface area contributed by atoms with Gasteiger partial charge in [0.25, 0.3) is 5.22 Å². The smallest absolute Gasteiger partial charge is 0.277 e. The summed E-state index contributed by atoms with van der Waals surface area (Å²) in [5.74, 6) is 2.29. The number of aromatic nitrogens is 2. The number of ketones is 1. The second-order valence-electron chi connectivity index (χ2n) is 4.59. The predicted molar refractivity (Wildman–Crippen MR) is 90.7 cm³/mol. The molecule has 1 atom stereocenters. The summed E-state index contributed by atoms with van der Waals surface area (Å²) in [4.78, 5) is 12.5. The van der Waals surface area contributed by atoms with Crippen molar-refractivity contribution in [2.24, 2.45) is 0 Å². The molecule has 0 fully saturated rings. The molecule has 0 saturated carbocycles. The van der Waals surface area contributed by atoms with Crippen LogP contribution in [0.15, 0.2) is 27.8 Å². The first-order chi connectivity index (χ1) is 11.1. The molecule has 0 amide bonds. The number of rotatable bonds is 8. The summed E-state index contributed by atoms with van der Waals surface area (Å²) >= 11 is 2.84. The van der Waals surface area contributed by atoms with Gasteiger partial charge in [-0.2, -0.15) is 11.8 Å². The van der Waals surface area contributed by atoms with Gasteiger partial charge in [0.05, 0.1) is 25.2 Å². The van der Waals surface area contributed by atoms with E-state index in [0.717, 1.165) is 0 Å². The fourth-order valence-corrected chi connectivity index (χ4v) is 3.04. The van der Waals surface area contributed by atoms with E-state index < -0.39 is 0 Å². The van der Waals surface area contributed by atoms with E-state index in [1.54, 1.807) is 37.1 Å². The highest BCUT2D eigenvalue weighted by Gasteiger charge is 2.21. The normalized spacial score (nSPS) is 12.0. The first kappa shape index (κ1) is 17.7. The SMILES string of the molecule is COc1ccc(C(=O)[C@@H](C)Sc2nnc(CSC)o2)cc1OC. The summed E-state index contributed by atoms with van der Waals surface area (Å²) < 4.78 is 15.9. The van der Waals surface area contributed by atoms with Crippen molar-refractivity contribution in [1.82, 2.24) is 10.2 Å². The van der Waals surface area contributed by atoms with E-state index >= 15 is 0 Å². The quantitative estimate of drug-likeness (QED) is 0.528. The molecule has 8 heteroatoms. The van der Waals surface area contributed by atoms with Crippen LogP contribution in [0.3, 0.4) is 0 Å². The van der Waals surface area contributed by atoms with Gasteiger partial charge in [-0.15, -0.1) is 10.2 Å². The summed E-state index contributed by atoms with van der Waals surface area (Å²) in [6, 6.07) is 5.10. The highest BCUT2D eigenvalue weighted by molar-refractivity contribution is 8.00. The number of Topliss-reactive ketones (excluding diaryl/α,β-unsaturated/α-hetero) is 1. The molecule has 0 aliphatic heterocycles. The summed E-state index contributed by atoms with van der Waals surface area (Å²) in [5, 5.41) is 7.93. The molecule has 124 valence electrons. The van der Waals surface area contributed by atoms with Gasteiger partial charge in [0, 0.05) is 5.56 Å². The van der Waals surface area contributed by atoms with Gasteiger partial charge in [-0.05, 0) is 31.4 Å². The monoisotopic (exact) mass is 354 g/mol. The first-order valence-corrected chi connectivity index (χ1v) is 9.10. The molecule has 2 rings (SSSR count). The molecule has 2 aromatic rings. The molecule has 1 aromatic heterocycles. The molecule has 23 heavy (non-hydrogen) atoms. The molecule has 0 radical (unpaired) electrons. The van der Waals surface area contributed by atoms with Crippen LogP contribution >= 0.6 is 23.5 Å². The molecule has 0 unspecified atom stereocenters. The zero-order valence-corrected chi connectivity index (χ0v) is 15.0. The Balaban J connectivity index is 2.09. The lowest BCUT2D eigenvalue weighted by Gasteiger charge is -2.11. The van der Waals surface area contributed by atoms with E-state index in [9.17, 15) is 4.79 Å². The summed E-state index contributed by atoms with van der Waals surface area (Å²) in [6.45, 7) is 1.81. The van der Waals surface area contributed by atoms with Crippen molar-refractivity contribution in [3.63, 3.8) is 0 Å². The zero-order chi connectivity index (χ0) is 16.8. The van der Waals surface area contributed by atoms with Gasteiger partial charge in [-0.3, -0.25) is 4.79 Å². The highest BCUT2D eigenvalue weighted by atomic mass is 32.2. The Labute approximate surface area is 143 Å². The van der Waals surface area contributed by atoms with Crippen LogP contribution in [0.25, 0.3) is 0 Å². The molecule has 0 aliphatic rings. The lowest BCUT2D eigenvalue weighted by atomic mass is 10.1. The number of carbonyl (C=O) groups is 1. The van der Waals surface area contributed by atoms with Crippen LogP contribution in [0, 0.1) is 0 Å². The maximum Gasteiger partial charge on any atom is 0.277 e. The van der Waals surface area contributed by atoms with Crippen molar-refractivity contribution in [3.8, 4) is 11.5 Å². The number of thioether (sulfide) groups is 2. The topological polar surface area (TPSA) is 74.5 Å². The van der Waals surface area contributed by atoms with Crippen molar-refractivity contribution in [2.75, 3.05) is 20.5 Å². The Morgan fingerprint density at radius 2 is 2.00 bits per heavy atom. The summed E-state index contributed by atoms with van der Waals surface area (Å²) in [7, 11) is 3.09. The lowest BCUT2D eigenvalue weighted by Crippen LogP contribution is -2.13. The standard InChI is InChI=1S/C15H18N2O4S2/c1-9(23-15-17-16-13(21-15)8-22-4)14(18)10-5-6-11(19-2)12(7-10)20-3/h5-7,9H,8H2,1-4H3/t9-/m1/s1. The summed E-state index contributed by atoms with van der Waals surface area (Å²) in [6.07, 6.45) is 1.96. The molecule has 0 spiro atoms. The molecular formula is C15H18N2O4S2. The van der Waals surface area contributed by atoms with Crippen molar-refractivity contribution in [1.29, 1.82) is 0 Å². The van der Waals surface area contributed by atoms with Crippen molar-refractivity contribution in [3.05, 3.63) is 29.7 Å². The van der Waals surface area contributed by atoms with E-state index in [2.05, 4.69) is 10.2 Å². The van der Waals surface area contributed by atoms with Crippen molar-refractivity contribution >= 4 is 29.3 Å². The van der Waals surface area contributed by atoms with Crippen LogP contribution in [0.5, 0.6) is 11.5 Å². The number of hydrogen-bond donors (Lipinski definition) is 0. The third-order valence-electron chi connectivity index (χ3n) is 3.03. The van der Waals surface area contributed by atoms with Gasteiger partial charge in [0.15, 0.2) is 17.3 Å². The van der Waals surface area contributed by atoms with Crippen LogP contribution < -0.4 is 9.47 Å². The van der Waals surface area contributed by atoms with E-state index in [0.29, 0.717) is 33.9 Å². The van der Waals surface area contributed by atoms with Gasteiger partial charge < -0.3 is 13.9 Å². The van der Waals surface area contributed by atoms with E-state index in [1.165, 1.54) is 18.9 Å². The molecule has 0 saturated heterocycles. The average Bonchev–Trinajstić information content (AvgIpc) is 3.00. The highest BCUT2D eigenvalue weighted by Crippen LogP contribution is 2.30. The second kappa shape index (κ2) is 8.26. The van der Waals surface area contributed by atoms with Crippen molar-refractivity contribution in [2.45, 2.75) is 23.1 Å². The van der Waals surface area contributed by atoms with Gasteiger partial charge in [-0.25, -0.2) is 0 Å². The third-order valence-corrected chi connectivity index (χ3v) is 4.50. The van der Waals surface area contributed by atoms with Crippen LogP contribution in [0.1, 0.15) is 23.2 Å². The second-order valence-corrected chi connectivity index (χ2v) is 6.75. The zero-order valence-electron chi connectivity index (χ0n) is 13.4. The fraction of sp³-hybridized carbons (Fsp3) is 0.400. The van der Waals surface area contributed by atoms with Gasteiger partial charge >= 0.3 is 0 Å². The number of nitrogens with zero attached hydrogens (tertiary/aromatic N) is 2. The van der Waals surface area contributed by atoms with E-state index in [-0.39, 0.29) is 11.0 Å². The molecule has 1 aromatic carbocycles. The lowest BCUT2D eigenvalue weighted by molar-refractivity contribution is 0.0993. The molecule has 6 nitrogen and oxygen atoms in total. The number of methoxy groups -OCH3 is 2. The molecular weight excluding hydrogens is 336 g/mol. The largest absolute Gasteiger partial charge is 0.493 e. The predicted octanol–water partition coefficient (Wildman–Crippen LogP) is 3.31. The maximum absolute atomic E-state index is 12.5. The van der Waals surface area contributed by atoms with E-state index in [4.69, 9.17) is 13.9 Å². The Bertz CT molecular complexity index is 675. The van der Waals surface area contributed by atoms with Crippen LogP contribution in [-0.4, -0.2) is 41.7 Å². The van der Waals surface area contributed by atoms with Crippen LogP contribution in [-0.2, 0) is 5.75 Å². The molecule has 0 bridgehead atoms. The fourth-order valence-electron chi connectivity index (χ4n) is 1.90. The van der Waals surface area contributed by atoms with E-state index in [1.807, 2.05) is 13.2 Å². The minimum absolute atomic E-state index is 0.0411. The third kappa shape index (κ3) is 4.42. The number of hydrogen-bond acceptors (Lipinski definition) is 8. The number of carbonyl (C=O) groups excluding carboxylic acids is 1. The van der Waals surface area contributed by atoms with Crippen molar-refractivity contribution < 1.29 is 18.7 Å². The van der Waals surface area contributed by atoms with Gasteiger partial charge in [-0.1, -0.05) is 11.8 Å². The number of ether oxygens (including phenoxy) is 2. The minimum atomic E-state index is -0.351. The maximum atomic E-state index is 12.5. The molecule has 1 heterocycles. The minimum Gasteiger partial charge on any atom is -0.493 e. The Kier molecular flexibility index (Phi) is 6.35. The summed E-state index contributed by atoms with van der Waals surface area (Å²) in [5.41, 5.74) is 0.548. The Morgan fingerprint density at radius 3 is 2.65 bits per heavy atom. The average molecular weight is 354 g/mol. The van der Waals surface area contributed by atoms with Crippen LogP contribution in [0.2, 0.25) is 0 Å². The number of benzene rings is 1. The Morgan fingerprint density at radius 1 is 1.26 bits per heavy atom. The van der Waals surface area contributed by atoms with Crippen LogP contribution in [0.4, 0.5) is 0 Å². The van der Waals surface area contributed by atoms with Gasteiger partial charge in [0.2, 0.25) is 5.89 Å². The van der Waals surface area contributed by atoms with Gasteiger partial charge in [0.1, 0.15) is 0 Å². The Hall–Kier alpha value is -1.67. The molecule has 0 N–H and O–H groups in total.